The van der Waals surface area contributed by atoms with E-state index in [4.69, 9.17) is 0 Å². The lowest BCUT2D eigenvalue weighted by Gasteiger charge is -1.92. The van der Waals surface area contributed by atoms with Crippen LogP contribution in [0.4, 0.5) is 8.78 Å². The average Bonchev–Trinajstić information content (AvgIpc) is 1.85. The van der Waals surface area contributed by atoms with Crippen molar-refractivity contribution in [3.63, 3.8) is 0 Å². The minimum atomic E-state index is -1.71. The molecule has 1 radical (unpaired) electrons. The van der Waals surface area contributed by atoms with Crippen LogP contribution in [0, 0.1) is 6.92 Å². The fraction of sp³-hybridized carbons (Fsp3) is 0. The Kier molecular flexibility index (Phi) is 2.31. The van der Waals surface area contributed by atoms with Gasteiger partial charge in [0.2, 0.25) is 0 Å². The van der Waals surface area contributed by atoms with Crippen LogP contribution in [0.15, 0.2) is 24.4 Å². The Morgan fingerprint density at radius 3 is 2.82 bits per heavy atom. The summed E-state index contributed by atoms with van der Waals surface area (Å²) in [7, 11) is 0. The number of hydrogen-bond donors (Lipinski definition) is 0. The maximum absolute atomic E-state index is 11.7. The van der Waals surface area contributed by atoms with E-state index in [1.165, 1.54) is 18.3 Å². The smallest absolute Gasteiger partial charge is 0.261 e. The molecule has 0 aromatic carbocycles. The third-order valence-electron chi connectivity index (χ3n) is 1.12. The van der Waals surface area contributed by atoms with Crippen molar-refractivity contribution in [1.29, 1.82) is 0 Å². The van der Waals surface area contributed by atoms with Gasteiger partial charge in [-0.15, -0.1) is 0 Å². The van der Waals surface area contributed by atoms with E-state index in [0.717, 1.165) is 6.08 Å². The Labute approximate surface area is 63.4 Å². The van der Waals surface area contributed by atoms with Crippen LogP contribution in [0.5, 0.6) is 0 Å². The van der Waals surface area contributed by atoms with Gasteiger partial charge in [0, 0.05) is 18.0 Å². The third kappa shape index (κ3) is 2.45. The van der Waals surface area contributed by atoms with Crippen molar-refractivity contribution in [2.75, 3.05) is 0 Å². The largest absolute Gasteiger partial charge is 0.270 e. The van der Waals surface area contributed by atoms with Gasteiger partial charge >= 0.3 is 0 Å². The number of halogens is 2. The predicted molar refractivity (Wildman–Crippen MR) is 38.9 cm³/mol. The summed E-state index contributed by atoms with van der Waals surface area (Å²) in [6, 6.07) is 2.98. The predicted octanol–water partition coefficient (Wildman–Crippen LogP) is 2.50. The molecule has 0 bridgehead atoms. The maximum atomic E-state index is 11.7. The molecule has 0 saturated carbocycles. The lowest BCUT2D eigenvalue weighted by atomic mass is 10.2. The molecule has 0 aliphatic heterocycles. The van der Waals surface area contributed by atoms with Crippen LogP contribution in [0.2, 0.25) is 0 Å². The van der Waals surface area contributed by atoms with Gasteiger partial charge in [-0.2, -0.15) is 8.78 Å². The zero-order valence-electron chi connectivity index (χ0n) is 5.72. The SMILES string of the molecule is [CH2]c1cc(C=C(F)F)ccn1. The molecule has 0 amide bonds. The Balaban J connectivity index is 2.97. The van der Waals surface area contributed by atoms with Crippen molar-refractivity contribution >= 4 is 6.08 Å². The summed E-state index contributed by atoms with van der Waals surface area (Å²) in [5.41, 5.74) is 0.907. The van der Waals surface area contributed by atoms with E-state index in [1.807, 2.05) is 0 Å². The Morgan fingerprint density at radius 1 is 1.55 bits per heavy atom. The molecule has 0 aliphatic carbocycles. The molecule has 1 rings (SSSR count). The first-order chi connectivity index (χ1) is 5.18. The third-order valence-corrected chi connectivity index (χ3v) is 1.12. The van der Waals surface area contributed by atoms with Crippen molar-refractivity contribution in [1.82, 2.24) is 4.98 Å². The molecule has 1 heterocycles. The Bertz CT molecular complexity index is 277. The maximum Gasteiger partial charge on any atom is 0.270 e. The molecule has 1 nitrogen and oxygen atoms in total. The normalized spacial score (nSPS) is 9.36. The minimum absolute atomic E-state index is 0.421. The zero-order valence-corrected chi connectivity index (χ0v) is 5.72. The van der Waals surface area contributed by atoms with Crippen LogP contribution >= 0.6 is 0 Å². The molecule has 0 spiro atoms. The molecule has 0 aliphatic rings. The summed E-state index contributed by atoms with van der Waals surface area (Å²) in [6.45, 7) is 3.50. The van der Waals surface area contributed by atoms with Crippen LogP contribution in [0.3, 0.4) is 0 Å². The lowest BCUT2D eigenvalue weighted by Crippen LogP contribution is -1.80. The molecular formula is C8H6F2N. The molecule has 0 atom stereocenters. The second kappa shape index (κ2) is 3.23. The molecule has 0 fully saturated rings. The van der Waals surface area contributed by atoms with E-state index >= 15 is 0 Å². The van der Waals surface area contributed by atoms with Gasteiger partial charge in [-0.1, -0.05) is 0 Å². The number of hydrogen-bond acceptors (Lipinski definition) is 1. The van der Waals surface area contributed by atoms with E-state index in [2.05, 4.69) is 11.9 Å². The number of rotatable bonds is 1. The summed E-state index contributed by atoms with van der Waals surface area (Å²) in [6.07, 6.45) is 0.503. The van der Waals surface area contributed by atoms with Gasteiger partial charge in [-0.05, 0) is 24.6 Å². The fourth-order valence-electron chi connectivity index (χ4n) is 0.713. The van der Waals surface area contributed by atoms with Gasteiger partial charge in [0.25, 0.3) is 6.08 Å². The van der Waals surface area contributed by atoms with Crippen molar-refractivity contribution < 1.29 is 8.78 Å². The van der Waals surface area contributed by atoms with Crippen molar-refractivity contribution in [2.45, 2.75) is 0 Å². The van der Waals surface area contributed by atoms with E-state index in [-0.39, 0.29) is 0 Å². The highest BCUT2D eigenvalue weighted by molar-refractivity contribution is 5.49. The van der Waals surface area contributed by atoms with Gasteiger partial charge in [-0.3, -0.25) is 4.98 Å². The summed E-state index contributed by atoms with van der Waals surface area (Å²) in [5.74, 6) is 0. The first-order valence-electron chi connectivity index (χ1n) is 2.99. The summed E-state index contributed by atoms with van der Waals surface area (Å²) >= 11 is 0. The Morgan fingerprint density at radius 2 is 2.27 bits per heavy atom. The standard InChI is InChI=1S/C8H6F2N/c1-6-4-7(2-3-11-6)5-8(9)10/h2-5H,1H2. The van der Waals surface area contributed by atoms with Crippen molar-refractivity contribution in [3.8, 4) is 0 Å². The highest BCUT2D eigenvalue weighted by Gasteiger charge is 1.92. The second-order valence-electron chi connectivity index (χ2n) is 2.01. The van der Waals surface area contributed by atoms with Crippen LogP contribution < -0.4 is 0 Å². The van der Waals surface area contributed by atoms with Crippen LogP contribution in [0.25, 0.3) is 6.08 Å². The average molecular weight is 154 g/mol. The molecule has 1 aromatic rings. The molecule has 0 N–H and O–H groups in total. The fourth-order valence-corrected chi connectivity index (χ4v) is 0.713. The summed E-state index contributed by atoms with van der Waals surface area (Å²) in [5, 5.41) is 0. The molecule has 11 heavy (non-hydrogen) atoms. The zero-order chi connectivity index (χ0) is 8.27. The number of aromatic nitrogens is 1. The van der Waals surface area contributed by atoms with Crippen molar-refractivity contribution in [3.05, 3.63) is 42.6 Å². The first kappa shape index (κ1) is 7.85. The van der Waals surface area contributed by atoms with E-state index in [9.17, 15) is 8.78 Å². The summed E-state index contributed by atoms with van der Waals surface area (Å²) < 4.78 is 23.3. The van der Waals surface area contributed by atoms with Crippen LogP contribution in [-0.4, -0.2) is 4.98 Å². The Hall–Kier alpha value is -1.25. The highest BCUT2D eigenvalue weighted by atomic mass is 19.3. The van der Waals surface area contributed by atoms with Gasteiger partial charge in [0.15, 0.2) is 0 Å². The van der Waals surface area contributed by atoms with Gasteiger partial charge < -0.3 is 0 Å². The van der Waals surface area contributed by atoms with E-state index in [1.54, 1.807) is 0 Å². The molecule has 57 valence electrons. The summed E-state index contributed by atoms with van der Waals surface area (Å²) in [4.78, 5) is 3.76. The van der Waals surface area contributed by atoms with E-state index in [0.29, 0.717) is 11.3 Å². The van der Waals surface area contributed by atoms with E-state index < -0.39 is 6.08 Å². The van der Waals surface area contributed by atoms with Crippen molar-refractivity contribution in [2.24, 2.45) is 0 Å². The molecule has 0 saturated heterocycles. The number of nitrogens with zero attached hydrogens (tertiary/aromatic N) is 1. The quantitative estimate of drug-likeness (QED) is 0.605. The lowest BCUT2D eigenvalue weighted by molar-refractivity contribution is 0.429. The van der Waals surface area contributed by atoms with Gasteiger partial charge in [0.05, 0.1) is 0 Å². The van der Waals surface area contributed by atoms with Gasteiger partial charge in [0.1, 0.15) is 0 Å². The second-order valence-corrected chi connectivity index (χ2v) is 2.01. The highest BCUT2D eigenvalue weighted by Crippen LogP contribution is 2.08. The molecule has 0 unspecified atom stereocenters. The van der Waals surface area contributed by atoms with Gasteiger partial charge in [-0.25, -0.2) is 0 Å². The molecule has 1 aromatic heterocycles. The topological polar surface area (TPSA) is 12.9 Å². The first-order valence-corrected chi connectivity index (χ1v) is 2.99. The minimum Gasteiger partial charge on any atom is -0.261 e. The van der Waals surface area contributed by atoms with Crippen LogP contribution in [0.1, 0.15) is 11.3 Å². The van der Waals surface area contributed by atoms with Crippen LogP contribution in [-0.2, 0) is 0 Å². The number of pyridine rings is 1. The monoisotopic (exact) mass is 154 g/mol. The molecule has 3 heteroatoms. The molecular weight excluding hydrogens is 148 g/mol.